The van der Waals surface area contributed by atoms with Crippen molar-refractivity contribution in [2.24, 2.45) is 0 Å². The van der Waals surface area contributed by atoms with E-state index in [4.69, 9.17) is 0 Å². The summed E-state index contributed by atoms with van der Waals surface area (Å²) >= 11 is 0. The van der Waals surface area contributed by atoms with Crippen molar-refractivity contribution in [2.45, 2.75) is 25.5 Å². The summed E-state index contributed by atoms with van der Waals surface area (Å²) in [5.74, 6) is -1.23. The molecule has 0 saturated carbocycles. The third-order valence-electron chi connectivity index (χ3n) is 2.58. The molecule has 1 rings (SSSR count). The van der Waals surface area contributed by atoms with Gasteiger partial charge in [0.1, 0.15) is 0 Å². The second-order valence-electron chi connectivity index (χ2n) is 4.15. The smallest absolute Gasteiger partial charge is 0.335 e. The lowest BCUT2D eigenvalue weighted by Gasteiger charge is -2.43. The molecule has 0 aromatic rings. The maximum absolute atomic E-state index is 11.7. The molecule has 1 heterocycles. The second kappa shape index (κ2) is 4.14. The minimum atomic E-state index is -3.68. The van der Waals surface area contributed by atoms with E-state index in [1.165, 1.54) is 13.8 Å². The number of amides is 1. The minimum absolute atomic E-state index is 0.0562. The van der Waals surface area contributed by atoms with E-state index in [1.54, 1.807) is 6.92 Å². The van der Waals surface area contributed by atoms with Gasteiger partial charge in [0.05, 0.1) is 18.7 Å². The zero-order valence-electron chi connectivity index (χ0n) is 10.0. The van der Waals surface area contributed by atoms with Gasteiger partial charge in [-0.15, -0.1) is 0 Å². The first-order valence-electron chi connectivity index (χ1n) is 5.08. The van der Waals surface area contributed by atoms with Crippen LogP contribution in [-0.2, 0) is 24.3 Å². The van der Waals surface area contributed by atoms with E-state index < -0.39 is 26.6 Å². The summed E-state index contributed by atoms with van der Waals surface area (Å²) in [7, 11) is -3.68. The van der Waals surface area contributed by atoms with Gasteiger partial charge in [0.15, 0.2) is 4.75 Å². The maximum atomic E-state index is 11.7. The van der Waals surface area contributed by atoms with Crippen LogP contribution in [0.3, 0.4) is 0 Å². The zero-order valence-corrected chi connectivity index (χ0v) is 10.8. The van der Waals surface area contributed by atoms with Gasteiger partial charge in [-0.05, 0) is 20.8 Å². The Hall–Kier alpha value is -1.37. The number of esters is 1. The van der Waals surface area contributed by atoms with Crippen molar-refractivity contribution < 1.29 is 22.7 Å². The Kier molecular flexibility index (Phi) is 3.33. The van der Waals surface area contributed by atoms with Crippen molar-refractivity contribution in [3.05, 3.63) is 12.2 Å². The van der Waals surface area contributed by atoms with E-state index >= 15 is 0 Å². The molecule has 1 aliphatic rings. The van der Waals surface area contributed by atoms with Gasteiger partial charge in [-0.25, -0.2) is 17.5 Å². The molecule has 0 radical (unpaired) electrons. The highest BCUT2D eigenvalue weighted by molar-refractivity contribution is 7.94. The topological polar surface area (TPSA) is 80.8 Å². The van der Waals surface area contributed by atoms with Gasteiger partial charge in [0.2, 0.25) is 0 Å². The number of sulfonamides is 1. The molecule has 0 aliphatic carbocycles. The number of nitrogens with zero attached hydrogens (tertiary/aromatic N) is 1. The molecule has 1 amide bonds. The first kappa shape index (κ1) is 13.7. The molecule has 0 bridgehead atoms. The number of hydrogen-bond donors (Lipinski definition) is 0. The Bertz CT molecular complexity index is 477. The summed E-state index contributed by atoms with van der Waals surface area (Å²) in [5.41, 5.74) is -0.0562. The number of rotatable bonds is 4. The Morgan fingerprint density at radius 1 is 1.47 bits per heavy atom. The molecule has 0 aromatic heterocycles. The van der Waals surface area contributed by atoms with Crippen LogP contribution in [-0.4, -0.2) is 42.5 Å². The summed E-state index contributed by atoms with van der Waals surface area (Å²) in [5, 5.41) is 0. The van der Waals surface area contributed by atoms with Crippen molar-refractivity contribution in [1.29, 1.82) is 0 Å². The van der Waals surface area contributed by atoms with Crippen molar-refractivity contribution >= 4 is 21.9 Å². The summed E-state index contributed by atoms with van der Waals surface area (Å²) in [6, 6.07) is 0. The van der Waals surface area contributed by atoms with Gasteiger partial charge in [0, 0.05) is 0 Å². The van der Waals surface area contributed by atoms with Gasteiger partial charge >= 0.3 is 5.97 Å². The zero-order chi connectivity index (χ0) is 13.4. The van der Waals surface area contributed by atoms with Crippen LogP contribution in [0.1, 0.15) is 20.8 Å². The molecule has 0 spiro atoms. The number of carbonyl (C=O) groups excluding carboxylic acids is 2. The molecule has 0 atom stereocenters. The fraction of sp³-hybridized carbons (Fsp3) is 0.600. The van der Waals surface area contributed by atoms with Crippen LogP contribution in [0.15, 0.2) is 12.2 Å². The van der Waals surface area contributed by atoms with Gasteiger partial charge in [-0.1, -0.05) is 6.58 Å². The quantitative estimate of drug-likeness (QED) is 0.528. The maximum Gasteiger partial charge on any atom is 0.335 e. The third kappa shape index (κ3) is 1.95. The van der Waals surface area contributed by atoms with Crippen molar-refractivity contribution in [3.63, 3.8) is 0 Å². The molecule has 1 aliphatic heterocycles. The predicted octanol–water partition coefficient (Wildman–Crippen LogP) is 0.0563. The lowest BCUT2D eigenvalue weighted by atomic mass is 10.1. The summed E-state index contributed by atoms with van der Waals surface area (Å²) in [6.07, 6.45) is 0. The summed E-state index contributed by atoms with van der Waals surface area (Å²) < 4.78 is 27.3. The van der Waals surface area contributed by atoms with Gasteiger partial charge in [-0.2, -0.15) is 0 Å². The summed E-state index contributed by atoms with van der Waals surface area (Å²) in [6.45, 7) is 7.52. The van der Waals surface area contributed by atoms with Gasteiger partial charge < -0.3 is 4.74 Å². The van der Waals surface area contributed by atoms with Crippen LogP contribution in [0.5, 0.6) is 0 Å². The van der Waals surface area contributed by atoms with E-state index in [0.29, 0.717) is 4.31 Å². The molecule has 1 fully saturated rings. The Morgan fingerprint density at radius 2 is 2.00 bits per heavy atom. The molecule has 17 heavy (non-hydrogen) atoms. The van der Waals surface area contributed by atoms with E-state index in [0.717, 1.165) is 0 Å². The van der Waals surface area contributed by atoms with E-state index in [-0.39, 0.29) is 18.7 Å². The fourth-order valence-electron chi connectivity index (χ4n) is 1.38. The predicted molar refractivity (Wildman–Crippen MR) is 60.5 cm³/mol. The largest absolute Gasteiger partial charge is 0.463 e. The van der Waals surface area contributed by atoms with Crippen LogP contribution >= 0.6 is 0 Å². The molecular weight excluding hydrogens is 246 g/mol. The van der Waals surface area contributed by atoms with E-state index in [9.17, 15) is 18.0 Å². The average molecular weight is 261 g/mol. The average Bonchev–Trinajstić information content (AvgIpc) is 2.24. The van der Waals surface area contributed by atoms with Gasteiger partial charge in [-0.3, -0.25) is 4.79 Å². The highest BCUT2D eigenvalue weighted by Gasteiger charge is 2.60. The number of ether oxygens (including phenoxy) is 1. The Labute approximate surface area is 100 Å². The van der Waals surface area contributed by atoms with E-state index in [1.807, 2.05) is 0 Å². The first-order chi connectivity index (χ1) is 7.66. The molecule has 0 unspecified atom stereocenters. The second-order valence-corrected chi connectivity index (χ2v) is 6.56. The third-order valence-corrected chi connectivity index (χ3v) is 4.91. The van der Waals surface area contributed by atoms with Crippen LogP contribution in [0.25, 0.3) is 0 Å². The molecular formula is C10H15NO5S. The molecule has 0 N–H and O–H groups in total. The Morgan fingerprint density at radius 3 is 2.41 bits per heavy atom. The molecule has 6 nitrogen and oxygen atoms in total. The summed E-state index contributed by atoms with van der Waals surface area (Å²) in [4.78, 5) is 22.8. The highest BCUT2D eigenvalue weighted by atomic mass is 32.2. The van der Waals surface area contributed by atoms with E-state index in [2.05, 4.69) is 11.3 Å². The number of hydrogen-bond acceptors (Lipinski definition) is 5. The van der Waals surface area contributed by atoms with Crippen LogP contribution < -0.4 is 0 Å². The fourth-order valence-corrected chi connectivity index (χ4v) is 2.91. The Balaban J connectivity index is 2.77. The van der Waals surface area contributed by atoms with Crippen LogP contribution in [0.2, 0.25) is 0 Å². The van der Waals surface area contributed by atoms with Crippen molar-refractivity contribution in [2.75, 3.05) is 13.2 Å². The van der Waals surface area contributed by atoms with Crippen molar-refractivity contribution in [3.8, 4) is 0 Å². The standard InChI is InChI=1S/C10H15NO5S/c1-5-16-8(12)7(2)6-11-9(13)10(3,4)17(11,14)15/h2,5-6H2,1,3-4H3. The van der Waals surface area contributed by atoms with Crippen LogP contribution in [0.4, 0.5) is 0 Å². The molecule has 0 aromatic carbocycles. The molecule has 7 heteroatoms. The lowest BCUT2D eigenvalue weighted by Crippen LogP contribution is -2.67. The normalized spacial score (nSPS) is 20.6. The first-order valence-corrected chi connectivity index (χ1v) is 6.52. The SMILES string of the molecule is C=C(CN1C(=O)C(C)(C)S1(=O)=O)C(=O)OCC. The van der Waals surface area contributed by atoms with Gasteiger partial charge in [0.25, 0.3) is 15.9 Å². The minimum Gasteiger partial charge on any atom is -0.463 e. The number of carbonyl (C=O) groups is 2. The van der Waals surface area contributed by atoms with Crippen molar-refractivity contribution in [1.82, 2.24) is 4.31 Å². The lowest BCUT2D eigenvalue weighted by molar-refractivity contribution is -0.139. The monoisotopic (exact) mass is 261 g/mol. The highest BCUT2D eigenvalue weighted by Crippen LogP contribution is 2.35. The molecule has 96 valence electrons. The van der Waals surface area contributed by atoms with Crippen LogP contribution in [0, 0.1) is 0 Å². The molecule has 1 saturated heterocycles.